The molecule has 1 fully saturated rings. The Labute approximate surface area is 210 Å². The number of aryl methyl sites for hydroxylation is 1. The van der Waals surface area contributed by atoms with Crippen LogP contribution in [0.2, 0.25) is 0 Å². The Morgan fingerprint density at radius 2 is 1.44 bits per heavy atom. The van der Waals surface area contributed by atoms with Gasteiger partial charge < -0.3 is 15.1 Å². The zero-order chi connectivity index (χ0) is 25.1. The topological polar surface area (TPSA) is 76.2 Å². The maximum atomic E-state index is 13.2. The molecule has 1 saturated heterocycles. The summed E-state index contributed by atoms with van der Waals surface area (Å²) in [6, 6.07) is 24.5. The molecule has 2 aliphatic rings. The first kappa shape index (κ1) is 23.4. The summed E-state index contributed by atoms with van der Waals surface area (Å²) in [6.07, 6.45) is 0. The van der Waals surface area contributed by atoms with Crippen LogP contribution in [0.25, 0.3) is 0 Å². The predicted octanol–water partition coefficient (Wildman–Crippen LogP) is 3.73. The number of fused-ring (bicyclic) bond motifs is 1. The van der Waals surface area contributed by atoms with Gasteiger partial charge in [-0.25, -0.2) is 4.79 Å². The molecule has 2 aliphatic heterocycles. The molecule has 2 heterocycles. The van der Waals surface area contributed by atoms with Crippen molar-refractivity contribution < 1.29 is 14.4 Å². The van der Waals surface area contributed by atoms with Crippen LogP contribution in [0.15, 0.2) is 78.9 Å². The van der Waals surface area contributed by atoms with Crippen LogP contribution in [0.1, 0.15) is 5.56 Å². The Morgan fingerprint density at radius 1 is 0.806 bits per heavy atom. The fourth-order valence-corrected chi connectivity index (χ4v) is 4.63. The summed E-state index contributed by atoms with van der Waals surface area (Å²) in [4.78, 5) is 46.4. The lowest BCUT2D eigenvalue weighted by atomic mass is 10.1. The lowest BCUT2D eigenvalue weighted by Gasteiger charge is -2.39. The Balaban J connectivity index is 1.26. The third-order valence-corrected chi connectivity index (χ3v) is 6.65. The average Bonchev–Trinajstić information content (AvgIpc) is 2.92. The number of amides is 4. The Kier molecular flexibility index (Phi) is 6.58. The van der Waals surface area contributed by atoms with Crippen LogP contribution < -0.4 is 20.0 Å². The highest BCUT2D eigenvalue weighted by molar-refractivity contribution is 6.15. The summed E-state index contributed by atoms with van der Waals surface area (Å²) >= 11 is 0. The second-order valence-electron chi connectivity index (χ2n) is 9.05. The third-order valence-electron chi connectivity index (χ3n) is 6.65. The first-order valence-corrected chi connectivity index (χ1v) is 12.1. The van der Waals surface area contributed by atoms with Gasteiger partial charge >= 0.3 is 6.03 Å². The van der Waals surface area contributed by atoms with Crippen LogP contribution >= 0.6 is 0 Å². The fourth-order valence-electron chi connectivity index (χ4n) is 4.63. The van der Waals surface area contributed by atoms with Gasteiger partial charge in [0.05, 0.1) is 11.4 Å². The molecule has 0 aromatic heterocycles. The smallest absolute Gasteiger partial charge is 0.326 e. The zero-order valence-corrected chi connectivity index (χ0v) is 20.3. The minimum Gasteiger partial charge on any atom is -0.368 e. The van der Waals surface area contributed by atoms with Crippen LogP contribution in [0.5, 0.6) is 0 Å². The Morgan fingerprint density at radius 3 is 2.14 bits per heavy atom. The van der Waals surface area contributed by atoms with Crippen molar-refractivity contribution in [1.82, 2.24) is 4.90 Å². The number of hydrogen-bond acceptors (Lipinski definition) is 4. The molecule has 8 nitrogen and oxygen atoms in total. The Bertz CT molecular complexity index is 1250. The van der Waals surface area contributed by atoms with Crippen molar-refractivity contribution in [3.05, 3.63) is 84.4 Å². The number of nitrogens with zero attached hydrogens (tertiary/aromatic N) is 4. The van der Waals surface area contributed by atoms with Crippen LogP contribution in [-0.2, 0) is 9.59 Å². The van der Waals surface area contributed by atoms with Gasteiger partial charge in [0.2, 0.25) is 11.8 Å². The van der Waals surface area contributed by atoms with Gasteiger partial charge in [-0.2, -0.15) is 0 Å². The largest absolute Gasteiger partial charge is 0.368 e. The quantitative estimate of drug-likeness (QED) is 0.614. The summed E-state index contributed by atoms with van der Waals surface area (Å²) in [5.41, 5.74) is 4.05. The summed E-state index contributed by atoms with van der Waals surface area (Å²) < 4.78 is 0. The summed E-state index contributed by atoms with van der Waals surface area (Å²) in [5, 5.41) is 2.86. The van der Waals surface area contributed by atoms with Crippen molar-refractivity contribution in [1.29, 1.82) is 0 Å². The molecule has 3 aromatic carbocycles. The van der Waals surface area contributed by atoms with E-state index >= 15 is 0 Å². The van der Waals surface area contributed by atoms with E-state index in [2.05, 4.69) is 22.3 Å². The molecule has 0 spiro atoms. The SMILES string of the molecule is Cc1ccc(NC(=O)N2CC(=O)N(CC(=O)N3CCN(c4ccccc4)CC3)c3ccccc32)cc1. The lowest BCUT2D eigenvalue weighted by Crippen LogP contribution is -2.55. The van der Waals surface area contributed by atoms with Gasteiger partial charge in [0.1, 0.15) is 13.1 Å². The van der Waals surface area contributed by atoms with Crippen molar-refractivity contribution in [2.75, 3.05) is 59.3 Å². The van der Waals surface area contributed by atoms with E-state index < -0.39 is 0 Å². The summed E-state index contributed by atoms with van der Waals surface area (Å²) in [7, 11) is 0. The van der Waals surface area contributed by atoms with E-state index in [1.807, 2.05) is 66.4 Å². The van der Waals surface area contributed by atoms with Crippen LogP contribution in [0.4, 0.5) is 27.5 Å². The molecule has 0 bridgehead atoms. The van der Waals surface area contributed by atoms with Gasteiger partial charge in [-0.15, -0.1) is 0 Å². The molecule has 1 N–H and O–H groups in total. The van der Waals surface area contributed by atoms with Gasteiger partial charge in [0.15, 0.2) is 0 Å². The molecule has 0 saturated carbocycles. The maximum Gasteiger partial charge on any atom is 0.326 e. The maximum absolute atomic E-state index is 13.2. The molecular weight excluding hydrogens is 454 g/mol. The molecule has 36 heavy (non-hydrogen) atoms. The zero-order valence-electron chi connectivity index (χ0n) is 20.3. The van der Waals surface area contributed by atoms with Gasteiger partial charge in [0.25, 0.3) is 0 Å². The van der Waals surface area contributed by atoms with Crippen LogP contribution in [-0.4, -0.2) is 62.0 Å². The molecule has 184 valence electrons. The number of benzene rings is 3. The van der Waals surface area contributed by atoms with Crippen molar-refractivity contribution in [3.8, 4) is 0 Å². The molecule has 8 heteroatoms. The highest BCUT2D eigenvalue weighted by atomic mass is 16.2. The molecule has 4 amide bonds. The first-order chi connectivity index (χ1) is 17.5. The summed E-state index contributed by atoms with van der Waals surface area (Å²) in [6.45, 7) is 4.48. The highest BCUT2D eigenvalue weighted by Crippen LogP contribution is 2.34. The van der Waals surface area contributed by atoms with Crippen LogP contribution in [0.3, 0.4) is 0 Å². The molecule has 3 aromatic rings. The molecule has 0 atom stereocenters. The van der Waals surface area contributed by atoms with E-state index in [9.17, 15) is 14.4 Å². The van der Waals surface area contributed by atoms with Crippen molar-refractivity contribution in [2.24, 2.45) is 0 Å². The van der Waals surface area contributed by atoms with E-state index in [4.69, 9.17) is 0 Å². The van der Waals surface area contributed by atoms with Gasteiger partial charge in [0, 0.05) is 37.6 Å². The number of anilines is 4. The number of hydrogen-bond donors (Lipinski definition) is 1. The first-order valence-electron chi connectivity index (χ1n) is 12.1. The average molecular weight is 484 g/mol. The minimum absolute atomic E-state index is 0.0470. The molecule has 0 aliphatic carbocycles. The van der Waals surface area contributed by atoms with E-state index in [1.54, 1.807) is 12.1 Å². The second kappa shape index (κ2) is 10.1. The molecule has 0 radical (unpaired) electrons. The second-order valence-corrected chi connectivity index (χ2v) is 9.05. The number of piperazine rings is 1. The van der Waals surface area contributed by atoms with E-state index in [0.717, 1.165) is 24.3 Å². The molecule has 0 unspecified atom stereocenters. The molecular formula is C28H29N5O3. The van der Waals surface area contributed by atoms with E-state index in [-0.39, 0.29) is 30.9 Å². The third kappa shape index (κ3) is 4.88. The standard InChI is InChI=1S/C28H29N5O3/c1-21-11-13-22(14-12-21)29-28(36)33-20-27(35)32(24-9-5-6-10-25(24)33)19-26(34)31-17-15-30(16-18-31)23-7-3-2-4-8-23/h2-14H,15-20H2,1H3,(H,29,36). The minimum atomic E-state index is -0.386. The van der Waals surface area contributed by atoms with E-state index in [1.165, 1.54) is 9.80 Å². The van der Waals surface area contributed by atoms with Crippen molar-refractivity contribution in [3.63, 3.8) is 0 Å². The number of para-hydroxylation sites is 3. The Hall–Kier alpha value is -4.33. The normalized spacial score (nSPS) is 15.5. The predicted molar refractivity (Wildman–Crippen MR) is 142 cm³/mol. The van der Waals surface area contributed by atoms with E-state index in [0.29, 0.717) is 30.2 Å². The molecule has 5 rings (SSSR count). The number of urea groups is 1. The highest BCUT2D eigenvalue weighted by Gasteiger charge is 2.34. The lowest BCUT2D eigenvalue weighted by molar-refractivity contribution is -0.131. The van der Waals surface area contributed by atoms with Crippen molar-refractivity contribution in [2.45, 2.75) is 6.92 Å². The van der Waals surface area contributed by atoms with Gasteiger partial charge in [-0.1, -0.05) is 48.0 Å². The monoisotopic (exact) mass is 483 g/mol. The fraction of sp³-hybridized carbons (Fsp3) is 0.250. The van der Waals surface area contributed by atoms with Crippen molar-refractivity contribution >= 4 is 40.6 Å². The van der Waals surface area contributed by atoms with Gasteiger partial charge in [-0.3, -0.25) is 19.4 Å². The number of carbonyl (C=O) groups excluding carboxylic acids is 3. The number of carbonyl (C=O) groups is 3. The number of nitrogens with one attached hydrogen (secondary N) is 1. The van der Waals surface area contributed by atoms with Crippen LogP contribution in [0, 0.1) is 6.92 Å². The van der Waals surface area contributed by atoms with Gasteiger partial charge in [-0.05, 0) is 43.3 Å². The summed E-state index contributed by atoms with van der Waals surface area (Å²) in [5.74, 6) is -0.382. The number of rotatable bonds is 4.